The molecule has 0 aliphatic carbocycles. The van der Waals surface area contributed by atoms with Crippen LogP contribution in [0.15, 0.2) is 0 Å². The summed E-state index contributed by atoms with van der Waals surface area (Å²) in [5.41, 5.74) is 0.405. The Kier molecular flexibility index (Phi) is 3.77. The van der Waals surface area contributed by atoms with Gasteiger partial charge in [0.05, 0.1) is 5.60 Å². The molecule has 74 valence electrons. The zero-order valence-corrected chi connectivity index (χ0v) is 9.69. The Hall–Kier alpha value is -0.0400. The zero-order chi connectivity index (χ0) is 9.99. The molecular weight excluding hydrogens is 148 g/mol. The highest BCUT2D eigenvalue weighted by Gasteiger charge is 2.28. The van der Waals surface area contributed by atoms with Gasteiger partial charge in [-0.2, -0.15) is 0 Å². The number of hydrogen-bond donors (Lipinski definition) is 0. The Morgan fingerprint density at radius 1 is 1.08 bits per heavy atom. The lowest BCUT2D eigenvalue weighted by Crippen LogP contribution is -2.33. The van der Waals surface area contributed by atoms with Crippen molar-refractivity contribution in [3.63, 3.8) is 0 Å². The van der Waals surface area contributed by atoms with E-state index in [1.807, 2.05) is 0 Å². The van der Waals surface area contributed by atoms with Crippen molar-refractivity contribution in [1.82, 2.24) is 0 Å². The van der Waals surface area contributed by atoms with Crippen molar-refractivity contribution >= 4 is 0 Å². The molecule has 0 aromatic heterocycles. The minimum absolute atomic E-state index is 0.00722. The SMILES string of the molecule is COC(C)(C)C(C)CC(C)(C)C. The third-order valence-corrected chi connectivity index (χ3v) is 2.63. The van der Waals surface area contributed by atoms with Gasteiger partial charge in [-0.3, -0.25) is 0 Å². The highest BCUT2D eigenvalue weighted by atomic mass is 16.5. The lowest BCUT2D eigenvalue weighted by Gasteiger charge is -2.34. The van der Waals surface area contributed by atoms with Crippen molar-refractivity contribution < 1.29 is 4.74 Å². The molecule has 0 fully saturated rings. The average molecular weight is 172 g/mol. The second-order valence-corrected chi connectivity index (χ2v) is 5.47. The lowest BCUT2D eigenvalue weighted by molar-refractivity contribution is -0.0338. The van der Waals surface area contributed by atoms with Crippen LogP contribution in [-0.2, 0) is 4.74 Å². The lowest BCUT2D eigenvalue weighted by atomic mass is 9.78. The third-order valence-electron chi connectivity index (χ3n) is 2.63. The maximum Gasteiger partial charge on any atom is 0.0648 e. The van der Waals surface area contributed by atoms with E-state index in [1.54, 1.807) is 7.11 Å². The van der Waals surface area contributed by atoms with E-state index in [1.165, 1.54) is 6.42 Å². The molecule has 0 spiro atoms. The van der Waals surface area contributed by atoms with E-state index in [0.717, 1.165) is 0 Å². The van der Waals surface area contributed by atoms with Crippen LogP contribution in [0.3, 0.4) is 0 Å². The molecule has 1 heteroatoms. The summed E-state index contributed by atoms with van der Waals surface area (Å²) >= 11 is 0. The molecule has 0 aliphatic heterocycles. The minimum Gasteiger partial charge on any atom is -0.379 e. The van der Waals surface area contributed by atoms with E-state index in [0.29, 0.717) is 11.3 Å². The Balaban J connectivity index is 4.13. The second kappa shape index (κ2) is 3.78. The molecule has 1 atom stereocenters. The normalized spacial score (nSPS) is 16.2. The summed E-state index contributed by atoms with van der Waals surface area (Å²) in [4.78, 5) is 0. The molecular formula is C11H24O. The van der Waals surface area contributed by atoms with Crippen LogP contribution in [0.25, 0.3) is 0 Å². The largest absolute Gasteiger partial charge is 0.379 e. The van der Waals surface area contributed by atoms with Crippen LogP contribution in [0.1, 0.15) is 48.0 Å². The van der Waals surface area contributed by atoms with E-state index < -0.39 is 0 Å². The van der Waals surface area contributed by atoms with Crippen molar-refractivity contribution in [2.24, 2.45) is 11.3 Å². The van der Waals surface area contributed by atoms with Gasteiger partial charge in [-0.05, 0) is 31.6 Å². The average Bonchev–Trinajstić information content (AvgIpc) is 1.84. The Morgan fingerprint density at radius 3 is 1.75 bits per heavy atom. The molecule has 0 bridgehead atoms. The zero-order valence-electron chi connectivity index (χ0n) is 9.69. The van der Waals surface area contributed by atoms with Crippen molar-refractivity contribution in [2.75, 3.05) is 7.11 Å². The first-order valence-electron chi connectivity index (χ1n) is 4.74. The van der Waals surface area contributed by atoms with Crippen LogP contribution < -0.4 is 0 Å². The van der Waals surface area contributed by atoms with Gasteiger partial charge in [0.2, 0.25) is 0 Å². The molecule has 0 radical (unpaired) electrons. The summed E-state index contributed by atoms with van der Waals surface area (Å²) < 4.78 is 5.45. The Morgan fingerprint density at radius 2 is 1.50 bits per heavy atom. The first-order chi connectivity index (χ1) is 5.19. The maximum absolute atomic E-state index is 5.45. The highest BCUT2D eigenvalue weighted by Crippen LogP contribution is 2.32. The fourth-order valence-corrected chi connectivity index (χ4v) is 1.37. The molecule has 0 aromatic rings. The van der Waals surface area contributed by atoms with Crippen molar-refractivity contribution in [3.05, 3.63) is 0 Å². The van der Waals surface area contributed by atoms with Gasteiger partial charge in [-0.25, -0.2) is 0 Å². The van der Waals surface area contributed by atoms with Crippen LogP contribution in [0.4, 0.5) is 0 Å². The fraction of sp³-hybridized carbons (Fsp3) is 1.00. The predicted octanol–water partition coefficient (Wildman–Crippen LogP) is 3.48. The van der Waals surface area contributed by atoms with E-state index in [9.17, 15) is 0 Å². The minimum atomic E-state index is 0.00722. The molecule has 0 saturated heterocycles. The maximum atomic E-state index is 5.45. The first kappa shape index (κ1) is 12.0. The van der Waals surface area contributed by atoms with Gasteiger partial charge >= 0.3 is 0 Å². The smallest absolute Gasteiger partial charge is 0.0648 e. The molecule has 1 nitrogen and oxygen atoms in total. The van der Waals surface area contributed by atoms with Crippen LogP contribution in [0.5, 0.6) is 0 Å². The summed E-state index contributed by atoms with van der Waals surface area (Å²) in [7, 11) is 1.79. The predicted molar refractivity (Wildman–Crippen MR) is 54.3 cm³/mol. The molecule has 0 saturated carbocycles. The summed E-state index contributed by atoms with van der Waals surface area (Å²) in [5.74, 6) is 0.600. The summed E-state index contributed by atoms with van der Waals surface area (Å²) in [5, 5.41) is 0. The van der Waals surface area contributed by atoms with Crippen LogP contribution in [0.2, 0.25) is 0 Å². The molecule has 0 aliphatic rings. The van der Waals surface area contributed by atoms with E-state index in [4.69, 9.17) is 4.74 Å². The Labute approximate surface area is 77.5 Å². The third kappa shape index (κ3) is 4.10. The van der Waals surface area contributed by atoms with Crippen molar-refractivity contribution in [3.8, 4) is 0 Å². The molecule has 0 rings (SSSR count). The Bertz CT molecular complexity index is 130. The molecule has 0 amide bonds. The first-order valence-corrected chi connectivity index (χ1v) is 4.74. The van der Waals surface area contributed by atoms with Gasteiger partial charge in [0, 0.05) is 7.11 Å². The summed E-state index contributed by atoms with van der Waals surface area (Å²) in [6.45, 7) is 13.4. The fourth-order valence-electron chi connectivity index (χ4n) is 1.37. The van der Waals surface area contributed by atoms with Crippen LogP contribution in [0, 0.1) is 11.3 Å². The van der Waals surface area contributed by atoms with E-state index in [2.05, 4.69) is 41.5 Å². The molecule has 0 aromatic carbocycles. The van der Waals surface area contributed by atoms with Gasteiger partial charge in [-0.1, -0.05) is 27.7 Å². The quantitative estimate of drug-likeness (QED) is 0.633. The van der Waals surface area contributed by atoms with Gasteiger partial charge in [-0.15, -0.1) is 0 Å². The summed E-state index contributed by atoms with van der Waals surface area (Å²) in [6.07, 6.45) is 1.20. The molecule has 12 heavy (non-hydrogen) atoms. The number of methoxy groups -OCH3 is 1. The second-order valence-electron chi connectivity index (χ2n) is 5.47. The van der Waals surface area contributed by atoms with Gasteiger partial charge in [0.1, 0.15) is 0 Å². The number of ether oxygens (including phenoxy) is 1. The van der Waals surface area contributed by atoms with Crippen molar-refractivity contribution in [1.29, 1.82) is 0 Å². The molecule has 0 N–H and O–H groups in total. The number of rotatable bonds is 3. The topological polar surface area (TPSA) is 9.23 Å². The standard InChI is InChI=1S/C11H24O/c1-9(8-10(2,3)4)11(5,6)12-7/h9H,8H2,1-7H3. The van der Waals surface area contributed by atoms with Crippen molar-refractivity contribution in [2.45, 2.75) is 53.6 Å². The van der Waals surface area contributed by atoms with E-state index >= 15 is 0 Å². The highest BCUT2D eigenvalue weighted by molar-refractivity contribution is 4.79. The van der Waals surface area contributed by atoms with Crippen LogP contribution in [-0.4, -0.2) is 12.7 Å². The summed E-state index contributed by atoms with van der Waals surface area (Å²) in [6, 6.07) is 0. The van der Waals surface area contributed by atoms with Gasteiger partial charge in [0.25, 0.3) is 0 Å². The number of hydrogen-bond acceptors (Lipinski definition) is 1. The van der Waals surface area contributed by atoms with E-state index in [-0.39, 0.29) is 5.60 Å². The molecule has 1 unspecified atom stereocenters. The monoisotopic (exact) mass is 172 g/mol. The van der Waals surface area contributed by atoms with Gasteiger partial charge in [0.15, 0.2) is 0 Å². The van der Waals surface area contributed by atoms with Crippen LogP contribution >= 0.6 is 0 Å². The van der Waals surface area contributed by atoms with Gasteiger partial charge < -0.3 is 4.74 Å². The molecule has 0 heterocycles.